The normalized spacial score (nSPS) is 12.1. The van der Waals surface area contributed by atoms with Gasteiger partial charge < -0.3 is 15.7 Å². The van der Waals surface area contributed by atoms with E-state index < -0.39 is 0 Å². The largest absolute Gasteiger partial charge is 0.396 e. The molecule has 0 saturated heterocycles. The molecule has 6 nitrogen and oxygen atoms in total. The molecule has 1 atom stereocenters. The lowest BCUT2D eigenvalue weighted by atomic mass is 10.0. The summed E-state index contributed by atoms with van der Waals surface area (Å²) in [6.07, 6.45) is 2.74. The molecule has 4 rings (SSSR count). The summed E-state index contributed by atoms with van der Waals surface area (Å²) in [6, 6.07) is 14.3. The number of aliphatic hydroxyl groups excluding tert-OH is 1. The number of para-hydroxylation sites is 1. The zero-order valence-corrected chi connectivity index (χ0v) is 22.0. The molecule has 0 aliphatic carbocycles. The van der Waals surface area contributed by atoms with Gasteiger partial charge >= 0.3 is 0 Å². The van der Waals surface area contributed by atoms with Crippen molar-refractivity contribution in [2.75, 3.05) is 23.8 Å². The number of aromatic nitrogens is 3. The number of hydrogen-bond acceptors (Lipinski definition) is 7. The number of aliphatic hydroxyl groups is 1. The highest BCUT2D eigenvalue weighted by Gasteiger charge is 2.18. The summed E-state index contributed by atoms with van der Waals surface area (Å²) in [5, 5.41) is 18.1. The monoisotopic (exact) mass is 509 g/mol. The number of fused-ring (bicyclic) bond motifs is 1. The van der Waals surface area contributed by atoms with Gasteiger partial charge in [-0.2, -0.15) is 4.98 Å². The van der Waals surface area contributed by atoms with Crippen molar-refractivity contribution in [3.05, 3.63) is 64.3 Å². The van der Waals surface area contributed by atoms with Gasteiger partial charge in [0.1, 0.15) is 10.8 Å². The van der Waals surface area contributed by atoms with E-state index >= 15 is 0 Å². The summed E-state index contributed by atoms with van der Waals surface area (Å²) in [7, 11) is 0. The maximum Gasteiger partial charge on any atom is 0.225 e. The predicted octanol–water partition coefficient (Wildman–Crippen LogP) is 6.71. The van der Waals surface area contributed by atoms with Crippen LogP contribution < -0.4 is 10.6 Å². The Hall–Kier alpha value is -2.74. The highest BCUT2D eigenvalue weighted by molar-refractivity contribution is 7.21. The Morgan fingerprint density at radius 3 is 2.57 bits per heavy atom. The van der Waals surface area contributed by atoms with Gasteiger partial charge in [-0.3, -0.25) is 0 Å². The molecule has 3 N–H and O–H groups in total. The van der Waals surface area contributed by atoms with Crippen molar-refractivity contribution in [3.63, 3.8) is 0 Å². The Labute approximate surface area is 215 Å². The van der Waals surface area contributed by atoms with Crippen molar-refractivity contribution in [2.45, 2.75) is 46.6 Å². The van der Waals surface area contributed by atoms with Crippen LogP contribution in [-0.4, -0.2) is 33.2 Å². The van der Waals surface area contributed by atoms with E-state index in [4.69, 9.17) is 26.6 Å². The molecule has 2 aromatic heterocycles. The van der Waals surface area contributed by atoms with Crippen LogP contribution in [-0.2, 0) is 13.0 Å². The first-order chi connectivity index (χ1) is 17.0. The van der Waals surface area contributed by atoms with Gasteiger partial charge in [0.05, 0.1) is 21.5 Å². The van der Waals surface area contributed by atoms with Crippen LogP contribution in [0, 0.1) is 12.8 Å². The Morgan fingerprint density at radius 2 is 1.83 bits per heavy atom. The molecule has 0 saturated carbocycles. The molecule has 4 aromatic rings. The van der Waals surface area contributed by atoms with E-state index in [1.807, 2.05) is 37.3 Å². The van der Waals surface area contributed by atoms with Crippen LogP contribution in [0.15, 0.2) is 42.5 Å². The first-order valence-electron chi connectivity index (χ1n) is 12.1. The standard InChI is InChI=1S/C27H32ClN5OS/c1-4-18(16-34)10-11-29-25-24(26-32-22-8-6-7-9-23(22)35-26)17(3)31-27(33-25)30-15-20-12-19(5-2)13-21(28)14-20/h6-9,12-14,18,34H,4-5,10-11,15-16H2,1-3H3,(H2,29,30,31,33). The van der Waals surface area contributed by atoms with Gasteiger partial charge in [0, 0.05) is 24.7 Å². The van der Waals surface area contributed by atoms with Crippen molar-refractivity contribution < 1.29 is 5.11 Å². The van der Waals surface area contributed by atoms with Crippen molar-refractivity contribution >= 4 is 44.9 Å². The third-order valence-electron chi connectivity index (χ3n) is 6.15. The lowest BCUT2D eigenvalue weighted by molar-refractivity contribution is 0.217. The van der Waals surface area contributed by atoms with Gasteiger partial charge in [0.15, 0.2) is 0 Å². The number of benzene rings is 2. The van der Waals surface area contributed by atoms with Gasteiger partial charge in [-0.25, -0.2) is 9.97 Å². The summed E-state index contributed by atoms with van der Waals surface area (Å²) in [6.45, 7) is 7.70. The first-order valence-corrected chi connectivity index (χ1v) is 13.3. The van der Waals surface area contributed by atoms with Crippen LogP contribution in [0.25, 0.3) is 20.8 Å². The fourth-order valence-electron chi connectivity index (χ4n) is 4.04. The SMILES string of the molecule is CCc1cc(Cl)cc(CNc2nc(C)c(-c3nc4ccccc4s3)c(NCCC(CC)CO)n2)c1. The van der Waals surface area contributed by atoms with E-state index in [-0.39, 0.29) is 12.5 Å². The minimum Gasteiger partial charge on any atom is -0.396 e. The molecule has 35 heavy (non-hydrogen) atoms. The van der Waals surface area contributed by atoms with E-state index in [1.54, 1.807) is 11.3 Å². The third-order valence-corrected chi connectivity index (χ3v) is 7.43. The second kappa shape index (κ2) is 11.8. The van der Waals surface area contributed by atoms with E-state index in [0.717, 1.165) is 62.1 Å². The number of rotatable bonds is 11. The molecule has 0 spiro atoms. The quantitative estimate of drug-likeness (QED) is 0.208. The number of hydrogen-bond donors (Lipinski definition) is 3. The molecular weight excluding hydrogens is 478 g/mol. The molecule has 0 aliphatic rings. The van der Waals surface area contributed by atoms with Crippen molar-refractivity contribution in [3.8, 4) is 10.6 Å². The smallest absolute Gasteiger partial charge is 0.225 e. The fourth-order valence-corrected chi connectivity index (χ4v) is 5.38. The van der Waals surface area contributed by atoms with Crippen LogP contribution >= 0.6 is 22.9 Å². The average Bonchev–Trinajstić information content (AvgIpc) is 3.28. The molecule has 0 bridgehead atoms. The fraction of sp³-hybridized carbons (Fsp3) is 0.370. The molecule has 0 radical (unpaired) electrons. The van der Waals surface area contributed by atoms with Crippen molar-refractivity contribution in [1.29, 1.82) is 0 Å². The maximum absolute atomic E-state index is 9.58. The van der Waals surface area contributed by atoms with Gasteiger partial charge in [-0.15, -0.1) is 11.3 Å². The molecule has 184 valence electrons. The van der Waals surface area contributed by atoms with Crippen LogP contribution in [0.4, 0.5) is 11.8 Å². The summed E-state index contributed by atoms with van der Waals surface area (Å²) >= 11 is 7.94. The van der Waals surface area contributed by atoms with E-state index in [2.05, 4.69) is 36.6 Å². The van der Waals surface area contributed by atoms with E-state index in [0.29, 0.717) is 19.0 Å². The Balaban J connectivity index is 1.63. The van der Waals surface area contributed by atoms with Gasteiger partial charge in [-0.05, 0) is 61.1 Å². The van der Waals surface area contributed by atoms with Crippen molar-refractivity contribution in [1.82, 2.24) is 15.0 Å². The molecule has 0 fully saturated rings. The summed E-state index contributed by atoms with van der Waals surface area (Å²) < 4.78 is 1.13. The van der Waals surface area contributed by atoms with Crippen LogP contribution in [0.2, 0.25) is 5.02 Å². The number of halogens is 1. The number of nitrogens with one attached hydrogen (secondary N) is 2. The van der Waals surface area contributed by atoms with Gasteiger partial charge in [-0.1, -0.05) is 50.1 Å². The van der Waals surface area contributed by atoms with Gasteiger partial charge in [0.25, 0.3) is 0 Å². The molecule has 2 heterocycles. The summed E-state index contributed by atoms with van der Waals surface area (Å²) in [5.41, 5.74) is 5.05. The lowest BCUT2D eigenvalue weighted by Crippen LogP contribution is -2.14. The zero-order chi connectivity index (χ0) is 24.8. The maximum atomic E-state index is 9.58. The van der Waals surface area contributed by atoms with E-state index in [9.17, 15) is 5.11 Å². The highest BCUT2D eigenvalue weighted by atomic mass is 35.5. The second-order valence-electron chi connectivity index (χ2n) is 8.69. The summed E-state index contributed by atoms with van der Waals surface area (Å²) in [4.78, 5) is 14.5. The average molecular weight is 510 g/mol. The Morgan fingerprint density at radius 1 is 1.03 bits per heavy atom. The lowest BCUT2D eigenvalue weighted by Gasteiger charge is -2.16. The highest BCUT2D eigenvalue weighted by Crippen LogP contribution is 2.36. The minimum absolute atomic E-state index is 0.192. The van der Waals surface area contributed by atoms with Crippen LogP contribution in [0.5, 0.6) is 0 Å². The Kier molecular flexibility index (Phi) is 8.55. The molecule has 0 aliphatic heterocycles. The van der Waals surface area contributed by atoms with E-state index in [1.165, 1.54) is 5.56 Å². The number of thiazole rings is 1. The van der Waals surface area contributed by atoms with Gasteiger partial charge in [0.2, 0.25) is 5.95 Å². The molecular formula is C27H32ClN5OS. The van der Waals surface area contributed by atoms with Crippen LogP contribution in [0.1, 0.15) is 43.5 Å². The second-order valence-corrected chi connectivity index (χ2v) is 10.2. The minimum atomic E-state index is 0.192. The first kappa shape index (κ1) is 25.4. The molecule has 1 unspecified atom stereocenters. The Bertz CT molecular complexity index is 1260. The molecule has 0 amide bonds. The number of aryl methyl sites for hydroxylation is 2. The summed E-state index contributed by atoms with van der Waals surface area (Å²) in [5.74, 6) is 1.58. The zero-order valence-electron chi connectivity index (χ0n) is 20.4. The predicted molar refractivity (Wildman–Crippen MR) is 148 cm³/mol. The third kappa shape index (κ3) is 6.28. The molecule has 2 aromatic carbocycles. The van der Waals surface area contributed by atoms with Crippen LogP contribution in [0.3, 0.4) is 0 Å². The molecule has 8 heteroatoms. The number of nitrogens with zero attached hydrogens (tertiary/aromatic N) is 3. The number of anilines is 2. The topological polar surface area (TPSA) is 83.0 Å². The van der Waals surface area contributed by atoms with Crippen molar-refractivity contribution in [2.24, 2.45) is 5.92 Å².